The molecule has 0 spiro atoms. The molecule has 1 N–H and O–H groups in total. The normalized spacial score (nSPS) is 11.4. The minimum atomic E-state index is 0.326. The highest BCUT2D eigenvalue weighted by atomic mass is 15.4. The molecule has 2 aromatic rings. The maximum Gasteiger partial charge on any atom is 0.147 e. The Labute approximate surface area is 113 Å². The van der Waals surface area contributed by atoms with Crippen LogP contribution in [0.15, 0.2) is 18.9 Å². The van der Waals surface area contributed by atoms with Crippen LogP contribution in [0.25, 0.3) is 0 Å². The summed E-state index contributed by atoms with van der Waals surface area (Å²) >= 11 is 0. The standard InChI is InChI=1S/C13H22N6/c1-4-5-14-6-12-7-18(10-16-12)8-13-15-9-17-19(13)11(2)3/h7,9-11,14H,4-6,8H2,1-3H3. The highest BCUT2D eigenvalue weighted by Crippen LogP contribution is 2.07. The van der Waals surface area contributed by atoms with Gasteiger partial charge in [-0.1, -0.05) is 6.92 Å². The topological polar surface area (TPSA) is 60.6 Å². The van der Waals surface area contributed by atoms with Gasteiger partial charge in [-0.05, 0) is 26.8 Å². The summed E-state index contributed by atoms with van der Waals surface area (Å²) in [6.07, 6.45) is 6.65. The Morgan fingerprint density at radius 1 is 1.32 bits per heavy atom. The van der Waals surface area contributed by atoms with E-state index in [1.807, 2.05) is 15.6 Å². The summed E-state index contributed by atoms with van der Waals surface area (Å²) in [7, 11) is 0. The van der Waals surface area contributed by atoms with E-state index in [0.717, 1.165) is 31.0 Å². The molecule has 6 heteroatoms. The molecule has 0 aromatic carbocycles. The number of imidazole rings is 1. The van der Waals surface area contributed by atoms with Crippen LogP contribution in [0, 0.1) is 0 Å². The fraction of sp³-hybridized carbons (Fsp3) is 0.615. The van der Waals surface area contributed by atoms with Gasteiger partial charge < -0.3 is 9.88 Å². The molecule has 0 fully saturated rings. The number of aromatic nitrogens is 5. The van der Waals surface area contributed by atoms with E-state index in [1.54, 1.807) is 6.33 Å². The van der Waals surface area contributed by atoms with E-state index in [2.05, 4.69) is 47.4 Å². The van der Waals surface area contributed by atoms with E-state index in [-0.39, 0.29) is 0 Å². The van der Waals surface area contributed by atoms with E-state index in [9.17, 15) is 0 Å². The van der Waals surface area contributed by atoms with Gasteiger partial charge in [0.15, 0.2) is 0 Å². The summed E-state index contributed by atoms with van der Waals surface area (Å²) in [4.78, 5) is 8.69. The fourth-order valence-corrected chi connectivity index (χ4v) is 1.96. The smallest absolute Gasteiger partial charge is 0.147 e. The third-order valence-electron chi connectivity index (χ3n) is 2.88. The van der Waals surface area contributed by atoms with Gasteiger partial charge in [0.25, 0.3) is 0 Å². The van der Waals surface area contributed by atoms with Gasteiger partial charge in [-0.15, -0.1) is 0 Å². The maximum atomic E-state index is 4.39. The monoisotopic (exact) mass is 262 g/mol. The first-order valence-electron chi connectivity index (χ1n) is 6.80. The second-order valence-electron chi connectivity index (χ2n) is 4.93. The lowest BCUT2D eigenvalue weighted by Crippen LogP contribution is -2.14. The van der Waals surface area contributed by atoms with Crippen molar-refractivity contribution in [1.82, 2.24) is 29.6 Å². The Balaban J connectivity index is 1.97. The van der Waals surface area contributed by atoms with Gasteiger partial charge in [0.05, 0.1) is 18.6 Å². The molecule has 0 aliphatic carbocycles. The van der Waals surface area contributed by atoms with Crippen molar-refractivity contribution in [1.29, 1.82) is 0 Å². The van der Waals surface area contributed by atoms with Gasteiger partial charge in [0.1, 0.15) is 12.2 Å². The van der Waals surface area contributed by atoms with Gasteiger partial charge in [-0.25, -0.2) is 14.6 Å². The van der Waals surface area contributed by atoms with Crippen LogP contribution in [0.4, 0.5) is 0 Å². The lowest BCUT2D eigenvalue weighted by molar-refractivity contribution is 0.496. The average Bonchev–Trinajstić information content (AvgIpc) is 2.99. The van der Waals surface area contributed by atoms with Gasteiger partial charge in [0, 0.05) is 18.8 Å². The number of hydrogen-bond acceptors (Lipinski definition) is 4. The minimum absolute atomic E-state index is 0.326. The van der Waals surface area contributed by atoms with Crippen LogP contribution in [0.5, 0.6) is 0 Å². The Bertz CT molecular complexity index is 499. The highest BCUT2D eigenvalue weighted by molar-refractivity contribution is 4.99. The fourth-order valence-electron chi connectivity index (χ4n) is 1.96. The second-order valence-corrected chi connectivity index (χ2v) is 4.93. The van der Waals surface area contributed by atoms with Crippen LogP contribution in [-0.4, -0.2) is 30.9 Å². The molecule has 6 nitrogen and oxygen atoms in total. The zero-order valence-electron chi connectivity index (χ0n) is 11.9. The first-order valence-corrected chi connectivity index (χ1v) is 6.80. The second kappa shape index (κ2) is 6.47. The number of nitrogens with one attached hydrogen (secondary N) is 1. The molecule has 2 heterocycles. The average molecular weight is 262 g/mol. The maximum absolute atomic E-state index is 4.39. The largest absolute Gasteiger partial charge is 0.330 e. The van der Waals surface area contributed by atoms with Crippen LogP contribution in [0.3, 0.4) is 0 Å². The van der Waals surface area contributed by atoms with Crippen LogP contribution in [0.2, 0.25) is 0 Å². The van der Waals surface area contributed by atoms with E-state index in [1.165, 1.54) is 0 Å². The number of rotatable bonds is 7. The Morgan fingerprint density at radius 3 is 2.89 bits per heavy atom. The summed E-state index contributed by atoms with van der Waals surface area (Å²) in [6.45, 7) is 8.91. The van der Waals surface area contributed by atoms with E-state index in [4.69, 9.17) is 0 Å². The summed E-state index contributed by atoms with van der Waals surface area (Å²) in [5.74, 6) is 0.959. The molecule has 0 saturated carbocycles. The van der Waals surface area contributed by atoms with Crippen molar-refractivity contribution in [2.24, 2.45) is 0 Å². The molecule has 0 unspecified atom stereocenters. The summed E-state index contributed by atoms with van der Waals surface area (Å²) in [5.41, 5.74) is 1.06. The first-order chi connectivity index (χ1) is 9.20. The molecule has 2 rings (SSSR count). The molecular formula is C13H22N6. The first kappa shape index (κ1) is 13.7. The third kappa shape index (κ3) is 3.64. The van der Waals surface area contributed by atoms with Gasteiger partial charge in [-0.3, -0.25) is 0 Å². The Morgan fingerprint density at radius 2 is 2.16 bits per heavy atom. The molecule has 104 valence electrons. The zero-order chi connectivity index (χ0) is 13.7. The zero-order valence-corrected chi connectivity index (χ0v) is 11.9. The van der Waals surface area contributed by atoms with Crippen molar-refractivity contribution >= 4 is 0 Å². The Kier molecular flexibility index (Phi) is 4.68. The van der Waals surface area contributed by atoms with Crippen molar-refractivity contribution in [3.63, 3.8) is 0 Å². The molecule has 0 saturated heterocycles. The van der Waals surface area contributed by atoms with E-state index in [0.29, 0.717) is 12.6 Å². The molecule has 19 heavy (non-hydrogen) atoms. The molecule has 0 bridgehead atoms. The molecule has 0 aliphatic heterocycles. The highest BCUT2D eigenvalue weighted by Gasteiger charge is 2.08. The summed E-state index contributed by atoms with van der Waals surface area (Å²) < 4.78 is 3.99. The van der Waals surface area contributed by atoms with Crippen LogP contribution >= 0.6 is 0 Å². The molecule has 0 amide bonds. The molecule has 2 aromatic heterocycles. The van der Waals surface area contributed by atoms with E-state index >= 15 is 0 Å². The van der Waals surface area contributed by atoms with Crippen molar-refractivity contribution in [2.45, 2.75) is 46.3 Å². The SMILES string of the molecule is CCCNCc1cn(Cc2ncnn2C(C)C)cn1. The molecule has 0 aliphatic rings. The number of hydrogen-bond donors (Lipinski definition) is 1. The minimum Gasteiger partial charge on any atom is -0.330 e. The molecule has 0 atom stereocenters. The number of nitrogens with zero attached hydrogens (tertiary/aromatic N) is 5. The van der Waals surface area contributed by atoms with Gasteiger partial charge >= 0.3 is 0 Å². The van der Waals surface area contributed by atoms with Crippen molar-refractivity contribution < 1.29 is 0 Å². The van der Waals surface area contributed by atoms with Crippen molar-refractivity contribution in [2.75, 3.05) is 6.54 Å². The molecule has 0 radical (unpaired) electrons. The predicted molar refractivity (Wildman–Crippen MR) is 73.7 cm³/mol. The Hall–Kier alpha value is -1.69. The third-order valence-corrected chi connectivity index (χ3v) is 2.88. The van der Waals surface area contributed by atoms with Crippen molar-refractivity contribution in [3.8, 4) is 0 Å². The van der Waals surface area contributed by atoms with Crippen LogP contribution in [0.1, 0.15) is 44.8 Å². The quantitative estimate of drug-likeness (QED) is 0.770. The van der Waals surface area contributed by atoms with Crippen LogP contribution in [-0.2, 0) is 13.1 Å². The van der Waals surface area contributed by atoms with E-state index < -0.39 is 0 Å². The lowest BCUT2D eigenvalue weighted by Gasteiger charge is -2.09. The summed E-state index contributed by atoms with van der Waals surface area (Å²) in [6, 6.07) is 0.326. The molecular weight excluding hydrogens is 240 g/mol. The van der Waals surface area contributed by atoms with Gasteiger partial charge in [-0.2, -0.15) is 5.10 Å². The lowest BCUT2D eigenvalue weighted by atomic mass is 10.4. The predicted octanol–water partition coefficient (Wildman–Crippen LogP) is 1.60. The summed E-state index contributed by atoms with van der Waals surface area (Å²) in [5, 5.41) is 7.58. The van der Waals surface area contributed by atoms with Gasteiger partial charge in [0.2, 0.25) is 0 Å². The van der Waals surface area contributed by atoms with Crippen LogP contribution < -0.4 is 5.32 Å². The van der Waals surface area contributed by atoms with Crippen molar-refractivity contribution in [3.05, 3.63) is 30.4 Å².